The van der Waals surface area contributed by atoms with Crippen molar-refractivity contribution in [3.63, 3.8) is 0 Å². The van der Waals surface area contributed by atoms with Gasteiger partial charge >= 0.3 is 6.01 Å². The molecule has 2 N–H and O–H groups in total. The Morgan fingerprint density at radius 2 is 2.00 bits per heavy atom. The summed E-state index contributed by atoms with van der Waals surface area (Å²) in [5.74, 6) is 0.580. The van der Waals surface area contributed by atoms with Crippen molar-refractivity contribution in [1.82, 2.24) is 15.1 Å². The first kappa shape index (κ1) is 8.99. The summed E-state index contributed by atoms with van der Waals surface area (Å²) >= 11 is 0. The Kier molecular flexibility index (Phi) is 3.04. The van der Waals surface area contributed by atoms with E-state index in [9.17, 15) is 0 Å². The summed E-state index contributed by atoms with van der Waals surface area (Å²) in [6.07, 6.45) is 0. The minimum absolute atomic E-state index is 0.136. The third kappa shape index (κ3) is 2.20. The summed E-state index contributed by atoms with van der Waals surface area (Å²) < 4.78 is 5.03. The van der Waals surface area contributed by atoms with Gasteiger partial charge in [0, 0.05) is 0 Å². The number of nitrogens with zero attached hydrogens (tertiary/aromatic N) is 3. The highest BCUT2D eigenvalue weighted by Gasteiger charge is 2.06. The van der Waals surface area contributed by atoms with Crippen molar-refractivity contribution in [3.05, 3.63) is 5.89 Å². The summed E-state index contributed by atoms with van der Waals surface area (Å²) in [6.45, 7) is 6.79. The molecule has 0 amide bonds. The number of rotatable bonds is 4. The minimum Gasteiger partial charge on any atom is -0.407 e. The van der Waals surface area contributed by atoms with E-state index in [1.165, 1.54) is 0 Å². The van der Waals surface area contributed by atoms with Crippen LogP contribution in [0.5, 0.6) is 0 Å². The van der Waals surface area contributed by atoms with E-state index in [2.05, 4.69) is 28.9 Å². The van der Waals surface area contributed by atoms with Crippen LogP contribution in [0.15, 0.2) is 4.42 Å². The Bertz CT molecular complexity index is 231. The molecule has 0 aliphatic rings. The number of aromatic nitrogens is 2. The summed E-state index contributed by atoms with van der Waals surface area (Å²) in [7, 11) is 0. The van der Waals surface area contributed by atoms with Gasteiger partial charge in [0.25, 0.3) is 0 Å². The topological polar surface area (TPSA) is 68.2 Å². The zero-order valence-electron chi connectivity index (χ0n) is 7.45. The Morgan fingerprint density at radius 3 is 2.42 bits per heavy atom. The van der Waals surface area contributed by atoms with Gasteiger partial charge in [-0.2, -0.15) is 0 Å². The number of hydrogen-bond donors (Lipinski definition) is 1. The van der Waals surface area contributed by atoms with Gasteiger partial charge in [0.2, 0.25) is 5.89 Å². The van der Waals surface area contributed by atoms with E-state index < -0.39 is 0 Å². The van der Waals surface area contributed by atoms with Crippen LogP contribution in [0.1, 0.15) is 19.7 Å². The molecule has 1 aromatic heterocycles. The molecular weight excluding hydrogens is 156 g/mol. The summed E-state index contributed by atoms with van der Waals surface area (Å²) in [6, 6.07) is 0.136. The largest absolute Gasteiger partial charge is 0.407 e. The number of anilines is 1. The first-order valence-electron chi connectivity index (χ1n) is 4.06. The van der Waals surface area contributed by atoms with Gasteiger partial charge in [-0.05, 0) is 13.1 Å². The fourth-order valence-corrected chi connectivity index (χ4v) is 0.969. The monoisotopic (exact) mass is 170 g/mol. The van der Waals surface area contributed by atoms with Crippen LogP contribution in [0.4, 0.5) is 6.01 Å². The molecule has 0 saturated heterocycles. The molecule has 0 radical (unpaired) electrons. The lowest BCUT2D eigenvalue weighted by atomic mass is 10.5. The molecule has 1 aromatic rings. The van der Waals surface area contributed by atoms with E-state index in [4.69, 9.17) is 10.2 Å². The average molecular weight is 170 g/mol. The summed E-state index contributed by atoms with van der Waals surface area (Å²) in [5.41, 5.74) is 5.28. The quantitative estimate of drug-likeness (QED) is 0.712. The summed E-state index contributed by atoms with van der Waals surface area (Å²) in [4.78, 5) is 2.17. The highest BCUT2D eigenvalue weighted by atomic mass is 16.4. The number of nitrogens with two attached hydrogens (primary N) is 1. The van der Waals surface area contributed by atoms with Crippen molar-refractivity contribution >= 4 is 6.01 Å². The molecule has 1 heterocycles. The molecule has 1 rings (SSSR count). The molecule has 0 atom stereocenters. The van der Waals surface area contributed by atoms with Crippen molar-refractivity contribution in [1.29, 1.82) is 0 Å². The maximum Gasteiger partial charge on any atom is 0.312 e. The normalized spacial score (nSPS) is 10.9. The average Bonchev–Trinajstić information content (AvgIpc) is 2.47. The molecule has 0 unspecified atom stereocenters. The van der Waals surface area contributed by atoms with Crippen LogP contribution < -0.4 is 5.73 Å². The van der Waals surface area contributed by atoms with E-state index in [-0.39, 0.29) is 6.01 Å². The van der Waals surface area contributed by atoms with Gasteiger partial charge in [-0.15, -0.1) is 5.10 Å². The van der Waals surface area contributed by atoms with Crippen molar-refractivity contribution in [2.45, 2.75) is 20.4 Å². The van der Waals surface area contributed by atoms with E-state index in [1.54, 1.807) is 0 Å². The predicted molar refractivity (Wildman–Crippen MR) is 45.3 cm³/mol. The molecule has 0 spiro atoms. The lowest BCUT2D eigenvalue weighted by Gasteiger charge is -2.14. The van der Waals surface area contributed by atoms with Gasteiger partial charge < -0.3 is 10.2 Å². The Morgan fingerprint density at radius 1 is 1.33 bits per heavy atom. The molecule has 0 aromatic carbocycles. The first-order chi connectivity index (χ1) is 5.76. The van der Waals surface area contributed by atoms with E-state index in [0.29, 0.717) is 12.4 Å². The SMILES string of the molecule is CCN(CC)Cc1nnc(N)o1. The fourth-order valence-electron chi connectivity index (χ4n) is 0.969. The van der Waals surface area contributed by atoms with Crippen molar-refractivity contribution in [2.24, 2.45) is 0 Å². The van der Waals surface area contributed by atoms with Crippen LogP contribution in [0.25, 0.3) is 0 Å². The molecule has 0 bridgehead atoms. The van der Waals surface area contributed by atoms with Crippen LogP contribution in [0.3, 0.4) is 0 Å². The van der Waals surface area contributed by atoms with Gasteiger partial charge in [-0.3, -0.25) is 4.90 Å². The molecular formula is C7H14N4O. The van der Waals surface area contributed by atoms with Crippen molar-refractivity contribution in [3.8, 4) is 0 Å². The standard InChI is InChI=1S/C7H14N4O/c1-3-11(4-2)5-6-9-10-7(8)12-6/h3-5H2,1-2H3,(H2,8,10). The highest BCUT2D eigenvalue weighted by molar-refractivity contribution is 5.04. The molecule has 0 aliphatic heterocycles. The Labute approximate surface area is 71.6 Å². The summed E-state index contributed by atoms with van der Waals surface area (Å²) in [5, 5.41) is 7.34. The van der Waals surface area contributed by atoms with Crippen LogP contribution in [0, 0.1) is 0 Å². The van der Waals surface area contributed by atoms with Gasteiger partial charge in [-0.1, -0.05) is 18.9 Å². The smallest absolute Gasteiger partial charge is 0.312 e. The molecule has 5 nitrogen and oxygen atoms in total. The molecule has 0 aliphatic carbocycles. The maximum absolute atomic E-state index is 5.28. The predicted octanol–water partition coefficient (Wildman–Crippen LogP) is 0.494. The highest BCUT2D eigenvalue weighted by Crippen LogP contribution is 2.03. The van der Waals surface area contributed by atoms with E-state index in [0.717, 1.165) is 13.1 Å². The molecule has 0 fully saturated rings. The zero-order chi connectivity index (χ0) is 8.97. The van der Waals surface area contributed by atoms with E-state index in [1.807, 2.05) is 0 Å². The Balaban J connectivity index is 2.50. The van der Waals surface area contributed by atoms with Gasteiger partial charge in [0.1, 0.15) is 0 Å². The maximum atomic E-state index is 5.28. The van der Waals surface area contributed by atoms with Crippen LogP contribution >= 0.6 is 0 Å². The van der Waals surface area contributed by atoms with Gasteiger partial charge in [0.15, 0.2) is 0 Å². The minimum atomic E-state index is 0.136. The van der Waals surface area contributed by atoms with Gasteiger partial charge in [-0.25, -0.2) is 0 Å². The third-order valence-corrected chi connectivity index (χ3v) is 1.74. The fraction of sp³-hybridized carbons (Fsp3) is 0.714. The number of nitrogen functional groups attached to an aromatic ring is 1. The van der Waals surface area contributed by atoms with Crippen molar-refractivity contribution < 1.29 is 4.42 Å². The number of hydrogen-bond acceptors (Lipinski definition) is 5. The molecule has 12 heavy (non-hydrogen) atoms. The second kappa shape index (κ2) is 4.06. The lowest BCUT2D eigenvalue weighted by molar-refractivity contribution is 0.264. The lowest BCUT2D eigenvalue weighted by Crippen LogP contribution is -2.22. The second-order valence-corrected chi connectivity index (χ2v) is 2.50. The van der Waals surface area contributed by atoms with Crippen LogP contribution in [-0.4, -0.2) is 28.2 Å². The van der Waals surface area contributed by atoms with E-state index >= 15 is 0 Å². The van der Waals surface area contributed by atoms with Crippen LogP contribution in [-0.2, 0) is 6.54 Å². The molecule has 5 heteroatoms. The zero-order valence-corrected chi connectivity index (χ0v) is 7.45. The first-order valence-corrected chi connectivity index (χ1v) is 4.06. The van der Waals surface area contributed by atoms with Gasteiger partial charge in [0.05, 0.1) is 6.54 Å². The third-order valence-electron chi connectivity index (χ3n) is 1.74. The molecule has 68 valence electrons. The molecule has 0 saturated carbocycles. The van der Waals surface area contributed by atoms with Crippen molar-refractivity contribution in [2.75, 3.05) is 18.8 Å². The van der Waals surface area contributed by atoms with Crippen LogP contribution in [0.2, 0.25) is 0 Å². The second-order valence-electron chi connectivity index (χ2n) is 2.50. The Hall–Kier alpha value is -1.10.